The second-order valence-corrected chi connectivity index (χ2v) is 5.16. The Morgan fingerprint density at radius 1 is 0.950 bits per heavy atom. The first-order chi connectivity index (χ1) is 8.43. The molecule has 20 heavy (non-hydrogen) atoms. The van der Waals surface area contributed by atoms with E-state index in [4.69, 9.17) is 0 Å². The monoisotopic (exact) mass is 278 g/mol. The lowest BCUT2D eigenvalue weighted by Crippen LogP contribution is -2.26. The fourth-order valence-electron chi connectivity index (χ4n) is 2.30. The third kappa shape index (κ3) is 5.68. The SMILES string of the molecule is C.C.CC(=O)C(C)C(CC(C)c1ccccc1)C(C)=O. The Bertz CT molecular complexity index is 409. The highest BCUT2D eigenvalue weighted by atomic mass is 16.1. The molecule has 0 fully saturated rings. The molecule has 1 rings (SSSR count). The van der Waals surface area contributed by atoms with Crippen molar-refractivity contribution in [3.8, 4) is 0 Å². The molecule has 0 aliphatic carbocycles. The van der Waals surface area contributed by atoms with Crippen molar-refractivity contribution in [2.45, 2.75) is 54.9 Å². The highest BCUT2D eigenvalue weighted by molar-refractivity contribution is 5.87. The maximum absolute atomic E-state index is 11.7. The molecule has 2 heteroatoms. The lowest BCUT2D eigenvalue weighted by molar-refractivity contribution is -0.130. The van der Waals surface area contributed by atoms with Crippen LogP contribution in [0.15, 0.2) is 30.3 Å². The van der Waals surface area contributed by atoms with Crippen molar-refractivity contribution in [1.29, 1.82) is 0 Å². The van der Waals surface area contributed by atoms with Gasteiger partial charge in [-0.25, -0.2) is 0 Å². The first-order valence-corrected chi connectivity index (χ1v) is 6.49. The molecule has 1 aromatic carbocycles. The zero-order valence-electron chi connectivity index (χ0n) is 11.6. The van der Waals surface area contributed by atoms with Crippen LogP contribution < -0.4 is 0 Å². The average molecular weight is 278 g/mol. The maximum atomic E-state index is 11.7. The summed E-state index contributed by atoms with van der Waals surface area (Å²) in [5.41, 5.74) is 1.22. The molecule has 3 unspecified atom stereocenters. The van der Waals surface area contributed by atoms with Gasteiger partial charge in [-0.15, -0.1) is 0 Å². The van der Waals surface area contributed by atoms with E-state index < -0.39 is 0 Å². The summed E-state index contributed by atoms with van der Waals surface area (Å²) in [7, 11) is 0. The number of hydrogen-bond acceptors (Lipinski definition) is 2. The fraction of sp³-hybridized carbons (Fsp3) is 0.556. The summed E-state index contributed by atoms with van der Waals surface area (Å²) in [4.78, 5) is 23.2. The zero-order chi connectivity index (χ0) is 13.7. The van der Waals surface area contributed by atoms with E-state index in [1.807, 2.05) is 25.1 Å². The predicted octanol–water partition coefficient (Wildman–Crippen LogP) is 4.88. The van der Waals surface area contributed by atoms with Crippen molar-refractivity contribution >= 4 is 11.6 Å². The molecule has 2 nitrogen and oxygen atoms in total. The Hall–Kier alpha value is -1.44. The molecule has 0 spiro atoms. The summed E-state index contributed by atoms with van der Waals surface area (Å²) in [5, 5.41) is 0. The van der Waals surface area contributed by atoms with Crippen molar-refractivity contribution in [3.05, 3.63) is 35.9 Å². The molecule has 0 saturated carbocycles. The Kier molecular flexibility index (Phi) is 9.87. The standard InChI is InChI=1S/C16H22O2.2CH4/c1-11(15-8-6-5-7-9-15)10-16(14(4)18)12(2)13(3)17;;/h5-9,11-12,16H,10H2,1-4H3;2*1H4. The first-order valence-electron chi connectivity index (χ1n) is 6.49. The summed E-state index contributed by atoms with van der Waals surface area (Å²) in [5.74, 6) is 0.143. The minimum absolute atomic E-state index is 0. The molecule has 1 aromatic rings. The lowest BCUT2D eigenvalue weighted by Gasteiger charge is -2.23. The van der Waals surface area contributed by atoms with Crippen LogP contribution in [0.25, 0.3) is 0 Å². The molecule has 0 saturated heterocycles. The summed E-state index contributed by atoms with van der Waals surface area (Å²) < 4.78 is 0. The molecule has 3 atom stereocenters. The van der Waals surface area contributed by atoms with Gasteiger partial charge in [0.2, 0.25) is 0 Å². The highest BCUT2D eigenvalue weighted by Crippen LogP contribution is 2.28. The van der Waals surface area contributed by atoms with Crippen LogP contribution >= 0.6 is 0 Å². The molecule has 0 aliphatic heterocycles. The van der Waals surface area contributed by atoms with Crippen LogP contribution in [-0.2, 0) is 9.59 Å². The van der Waals surface area contributed by atoms with Gasteiger partial charge in [-0.3, -0.25) is 9.59 Å². The van der Waals surface area contributed by atoms with Gasteiger partial charge in [0.15, 0.2) is 0 Å². The summed E-state index contributed by atoms with van der Waals surface area (Å²) in [6.07, 6.45) is 0.736. The molecule has 0 amide bonds. The second kappa shape index (κ2) is 9.46. The molecule has 0 N–H and O–H groups in total. The number of rotatable bonds is 6. The Morgan fingerprint density at radius 3 is 1.85 bits per heavy atom. The van der Waals surface area contributed by atoms with Gasteiger partial charge in [-0.05, 0) is 31.7 Å². The van der Waals surface area contributed by atoms with Crippen molar-refractivity contribution in [3.63, 3.8) is 0 Å². The Labute approximate surface area is 124 Å². The van der Waals surface area contributed by atoms with Crippen molar-refractivity contribution < 1.29 is 9.59 Å². The Balaban J connectivity index is 0. The van der Waals surface area contributed by atoms with E-state index in [0.717, 1.165) is 6.42 Å². The van der Waals surface area contributed by atoms with Gasteiger partial charge in [0.05, 0.1) is 0 Å². The van der Waals surface area contributed by atoms with Crippen molar-refractivity contribution in [2.24, 2.45) is 11.8 Å². The van der Waals surface area contributed by atoms with E-state index in [2.05, 4.69) is 19.1 Å². The molecular weight excluding hydrogens is 248 g/mol. The van der Waals surface area contributed by atoms with E-state index in [-0.39, 0.29) is 38.3 Å². The smallest absolute Gasteiger partial charge is 0.133 e. The van der Waals surface area contributed by atoms with Crippen molar-refractivity contribution in [2.75, 3.05) is 0 Å². The van der Waals surface area contributed by atoms with E-state index in [0.29, 0.717) is 5.92 Å². The summed E-state index contributed by atoms with van der Waals surface area (Å²) >= 11 is 0. The second-order valence-electron chi connectivity index (χ2n) is 5.16. The number of ketones is 2. The molecule has 0 heterocycles. The van der Waals surface area contributed by atoms with Crippen LogP contribution in [-0.4, -0.2) is 11.6 Å². The lowest BCUT2D eigenvalue weighted by atomic mass is 9.80. The fourth-order valence-corrected chi connectivity index (χ4v) is 2.30. The Morgan fingerprint density at radius 2 is 1.45 bits per heavy atom. The summed E-state index contributed by atoms with van der Waals surface area (Å²) in [6, 6.07) is 10.1. The topological polar surface area (TPSA) is 34.1 Å². The van der Waals surface area contributed by atoms with Crippen LogP contribution in [0.1, 0.15) is 60.5 Å². The third-order valence-electron chi connectivity index (χ3n) is 3.74. The number of carbonyl (C=O) groups is 2. The van der Waals surface area contributed by atoms with Gasteiger partial charge in [0.25, 0.3) is 0 Å². The van der Waals surface area contributed by atoms with Gasteiger partial charge in [-0.2, -0.15) is 0 Å². The summed E-state index contributed by atoms with van der Waals surface area (Å²) in [6.45, 7) is 7.11. The zero-order valence-corrected chi connectivity index (χ0v) is 11.6. The maximum Gasteiger partial charge on any atom is 0.133 e. The van der Waals surface area contributed by atoms with Crippen molar-refractivity contribution in [1.82, 2.24) is 0 Å². The first kappa shape index (κ1) is 20.9. The van der Waals surface area contributed by atoms with E-state index >= 15 is 0 Å². The number of Topliss-reactive ketones (excluding diaryl/α,β-unsaturated/α-hetero) is 2. The quantitative estimate of drug-likeness (QED) is 0.743. The van der Waals surface area contributed by atoms with Crippen LogP contribution in [0.4, 0.5) is 0 Å². The van der Waals surface area contributed by atoms with Crippen LogP contribution in [0.3, 0.4) is 0 Å². The van der Waals surface area contributed by atoms with E-state index in [1.165, 1.54) is 5.56 Å². The van der Waals surface area contributed by atoms with Gasteiger partial charge in [-0.1, -0.05) is 59.0 Å². The molecule has 114 valence electrons. The highest BCUT2D eigenvalue weighted by Gasteiger charge is 2.27. The average Bonchev–Trinajstić information content (AvgIpc) is 2.35. The van der Waals surface area contributed by atoms with Crippen LogP contribution in [0, 0.1) is 11.8 Å². The minimum atomic E-state index is -0.186. The van der Waals surface area contributed by atoms with Crippen LogP contribution in [0.2, 0.25) is 0 Å². The van der Waals surface area contributed by atoms with Gasteiger partial charge < -0.3 is 0 Å². The molecule has 0 radical (unpaired) electrons. The predicted molar refractivity (Wildman–Crippen MR) is 87.0 cm³/mol. The number of hydrogen-bond donors (Lipinski definition) is 0. The normalized spacial score (nSPS) is 14.2. The number of benzene rings is 1. The van der Waals surface area contributed by atoms with Gasteiger partial charge in [0, 0.05) is 11.8 Å². The molecule has 0 bridgehead atoms. The van der Waals surface area contributed by atoms with E-state index in [1.54, 1.807) is 13.8 Å². The van der Waals surface area contributed by atoms with Gasteiger partial charge in [0.1, 0.15) is 11.6 Å². The molecular formula is C18H30O2. The largest absolute Gasteiger partial charge is 0.300 e. The third-order valence-corrected chi connectivity index (χ3v) is 3.74. The number of carbonyl (C=O) groups excluding carboxylic acids is 2. The molecule has 0 aromatic heterocycles. The molecule has 0 aliphatic rings. The minimum Gasteiger partial charge on any atom is -0.300 e. The van der Waals surface area contributed by atoms with E-state index in [9.17, 15) is 9.59 Å². The van der Waals surface area contributed by atoms with Crippen LogP contribution in [0.5, 0.6) is 0 Å². The van der Waals surface area contributed by atoms with Gasteiger partial charge >= 0.3 is 0 Å².